The van der Waals surface area contributed by atoms with Crippen molar-refractivity contribution >= 4 is 35.6 Å². The number of carbonyl (C=O) groups excluding carboxylic acids is 1. The lowest BCUT2D eigenvalue weighted by atomic mass is 9.82. The van der Waals surface area contributed by atoms with E-state index in [-0.39, 0.29) is 23.3 Å². The molecule has 6 heteroatoms. The first kappa shape index (κ1) is 16.2. The third-order valence-electron chi connectivity index (χ3n) is 3.38. The molecule has 3 nitrogen and oxygen atoms in total. The van der Waals surface area contributed by atoms with Crippen LogP contribution in [0.5, 0.6) is 0 Å². The molecule has 0 unspecified atom stereocenters. The van der Waals surface area contributed by atoms with Crippen LogP contribution in [0.3, 0.4) is 0 Å². The topological polar surface area (TPSA) is 55.1 Å². The van der Waals surface area contributed by atoms with Crippen molar-refractivity contribution in [3.63, 3.8) is 0 Å². The van der Waals surface area contributed by atoms with E-state index in [0.29, 0.717) is 18.5 Å². The molecule has 0 radical (unpaired) electrons. The molecule has 19 heavy (non-hydrogen) atoms. The Morgan fingerprint density at radius 1 is 1.32 bits per heavy atom. The van der Waals surface area contributed by atoms with Gasteiger partial charge in [-0.3, -0.25) is 4.79 Å². The van der Waals surface area contributed by atoms with Crippen LogP contribution in [0.2, 0.25) is 5.02 Å². The molecule has 0 saturated heterocycles. The first-order chi connectivity index (χ1) is 8.51. The van der Waals surface area contributed by atoms with E-state index in [9.17, 15) is 9.18 Å². The average Bonchev–Trinajstić information content (AvgIpc) is 2.35. The van der Waals surface area contributed by atoms with Crippen molar-refractivity contribution in [1.82, 2.24) is 0 Å². The van der Waals surface area contributed by atoms with E-state index in [4.69, 9.17) is 17.3 Å². The Bertz CT molecular complexity index is 462. The highest BCUT2D eigenvalue weighted by molar-refractivity contribution is 6.30. The Hall–Kier alpha value is -0.840. The molecule has 0 aromatic heterocycles. The van der Waals surface area contributed by atoms with Gasteiger partial charge in [-0.25, -0.2) is 4.39 Å². The molecule has 1 saturated carbocycles. The van der Waals surface area contributed by atoms with Gasteiger partial charge in [-0.2, -0.15) is 0 Å². The minimum Gasteiger partial charge on any atom is -0.324 e. The van der Waals surface area contributed by atoms with Crippen LogP contribution in [-0.4, -0.2) is 11.4 Å². The second-order valence-corrected chi connectivity index (χ2v) is 5.21. The number of carbonyl (C=O) groups is 1. The Morgan fingerprint density at radius 3 is 2.53 bits per heavy atom. The van der Waals surface area contributed by atoms with E-state index in [1.165, 1.54) is 12.1 Å². The number of nitrogens with one attached hydrogen (secondary N) is 1. The number of rotatable bonds is 2. The van der Waals surface area contributed by atoms with Crippen molar-refractivity contribution in [2.24, 2.45) is 5.73 Å². The number of halogens is 3. The Labute approximate surface area is 123 Å². The molecule has 1 fully saturated rings. The molecule has 0 heterocycles. The van der Waals surface area contributed by atoms with Crippen LogP contribution in [-0.2, 0) is 4.79 Å². The summed E-state index contributed by atoms with van der Waals surface area (Å²) >= 11 is 5.58. The Balaban J connectivity index is 0.00000180. The number of hydrogen-bond donors (Lipinski definition) is 2. The number of nitrogens with two attached hydrogens (primary N) is 1. The number of amides is 1. The maximum absolute atomic E-state index is 13.3. The van der Waals surface area contributed by atoms with E-state index in [2.05, 4.69) is 5.32 Å². The molecule has 1 aromatic rings. The summed E-state index contributed by atoms with van der Waals surface area (Å²) in [5.41, 5.74) is 5.65. The molecule has 1 aliphatic rings. The number of anilines is 1. The second kappa shape index (κ2) is 6.55. The van der Waals surface area contributed by atoms with Crippen molar-refractivity contribution in [3.8, 4) is 0 Å². The van der Waals surface area contributed by atoms with Gasteiger partial charge in [-0.15, -0.1) is 12.4 Å². The molecule has 0 spiro atoms. The van der Waals surface area contributed by atoms with Gasteiger partial charge in [0, 0.05) is 5.69 Å². The van der Waals surface area contributed by atoms with Crippen molar-refractivity contribution in [2.75, 3.05) is 5.32 Å². The third-order valence-corrected chi connectivity index (χ3v) is 3.68. The summed E-state index contributed by atoms with van der Waals surface area (Å²) in [5.74, 6) is -0.798. The fourth-order valence-electron chi connectivity index (χ4n) is 2.24. The fraction of sp³-hybridized carbons (Fsp3) is 0.462. The highest BCUT2D eigenvalue weighted by Crippen LogP contribution is 2.27. The van der Waals surface area contributed by atoms with Crippen LogP contribution in [0.4, 0.5) is 10.1 Å². The number of hydrogen-bond acceptors (Lipinski definition) is 2. The van der Waals surface area contributed by atoms with Crippen LogP contribution in [0, 0.1) is 5.82 Å². The van der Waals surface area contributed by atoms with Crippen LogP contribution < -0.4 is 11.1 Å². The molecular formula is C13H17Cl2FN2O. The second-order valence-electron chi connectivity index (χ2n) is 4.80. The molecule has 3 N–H and O–H groups in total. The van der Waals surface area contributed by atoms with E-state index in [1.54, 1.807) is 6.07 Å². The standard InChI is InChI=1S/C13H16ClFN2O.ClH/c14-10-5-4-9(8-11(10)15)17-12(18)13(16)6-2-1-3-7-13;/h4-5,8H,1-3,6-7,16H2,(H,17,18);1H. The van der Waals surface area contributed by atoms with Crippen LogP contribution in [0.25, 0.3) is 0 Å². The van der Waals surface area contributed by atoms with Gasteiger partial charge in [0.05, 0.1) is 10.6 Å². The molecule has 1 aromatic carbocycles. The predicted octanol–water partition coefficient (Wildman–Crippen LogP) is 3.50. The van der Waals surface area contributed by atoms with Gasteiger partial charge in [0.2, 0.25) is 5.91 Å². The summed E-state index contributed by atoms with van der Waals surface area (Å²) in [5, 5.41) is 2.69. The lowest BCUT2D eigenvalue weighted by Crippen LogP contribution is -2.52. The SMILES string of the molecule is Cl.NC1(C(=O)Nc2ccc(Cl)c(F)c2)CCCCC1. The maximum Gasteiger partial charge on any atom is 0.244 e. The summed E-state index contributed by atoms with van der Waals surface area (Å²) < 4.78 is 13.3. The van der Waals surface area contributed by atoms with Gasteiger partial charge >= 0.3 is 0 Å². The minimum atomic E-state index is -0.825. The van der Waals surface area contributed by atoms with Gasteiger partial charge in [-0.1, -0.05) is 30.9 Å². The van der Waals surface area contributed by atoms with Gasteiger partial charge in [0.1, 0.15) is 5.82 Å². The quantitative estimate of drug-likeness (QED) is 0.878. The van der Waals surface area contributed by atoms with E-state index >= 15 is 0 Å². The fourth-order valence-corrected chi connectivity index (χ4v) is 2.36. The van der Waals surface area contributed by atoms with Gasteiger partial charge in [0.15, 0.2) is 0 Å². The normalized spacial score (nSPS) is 17.4. The summed E-state index contributed by atoms with van der Waals surface area (Å²) in [6.45, 7) is 0. The van der Waals surface area contributed by atoms with E-state index in [1.807, 2.05) is 0 Å². The molecule has 1 amide bonds. The molecule has 2 rings (SSSR count). The van der Waals surface area contributed by atoms with Crippen molar-refractivity contribution in [2.45, 2.75) is 37.6 Å². The lowest BCUT2D eigenvalue weighted by molar-refractivity contribution is -0.122. The predicted molar refractivity (Wildman–Crippen MR) is 77.3 cm³/mol. The molecule has 0 bridgehead atoms. The average molecular weight is 307 g/mol. The molecular weight excluding hydrogens is 290 g/mol. The number of benzene rings is 1. The first-order valence-electron chi connectivity index (χ1n) is 6.07. The zero-order valence-corrected chi connectivity index (χ0v) is 12.0. The summed E-state index contributed by atoms with van der Waals surface area (Å²) in [6, 6.07) is 4.18. The first-order valence-corrected chi connectivity index (χ1v) is 6.44. The largest absolute Gasteiger partial charge is 0.324 e. The Morgan fingerprint density at radius 2 is 1.95 bits per heavy atom. The smallest absolute Gasteiger partial charge is 0.244 e. The highest BCUT2D eigenvalue weighted by Gasteiger charge is 2.35. The maximum atomic E-state index is 13.3. The van der Waals surface area contributed by atoms with Crippen LogP contribution in [0.1, 0.15) is 32.1 Å². The van der Waals surface area contributed by atoms with Crippen LogP contribution >= 0.6 is 24.0 Å². The van der Waals surface area contributed by atoms with Crippen molar-refractivity contribution in [3.05, 3.63) is 29.0 Å². The Kier molecular flexibility index (Phi) is 5.59. The van der Waals surface area contributed by atoms with Crippen LogP contribution in [0.15, 0.2) is 18.2 Å². The molecule has 0 aliphatic heterocycles. The summed E-state index contributed by atoms with van der Waals surface area (Å²) in [6.07, 6.45) is 4.38. The van der Waals surface area contributed by atoms with Gasteiger partial charge in [0.25, 0.3) is 0 Å². The molecule has 106 valence electrons. The highest BCUT2D eigenvalue weighted by atomic mass is 35.5. The zero-order chi connectivity index (χ0) is 13.2. The molecule has 1 aliphatic carbocycles. The van der Waals surface area contributed by atoms with Crippen molar-refractivity contribution < 1.29 is 9.18 Å². The lowest BCUT2D eigenvalue weighted by Gasteiger charge is -2.31. The minimum absolute atomic E-state index is 0. The monoisotopic (exact) mass is 306 g/mol. The van der Waals surface area contributed by atoms with Gasteiger partial charge < -0.3 is 11.1 Å². The summed E-state index contributed by atoms with van der Waals surface area (Å²) in [7, 11) is 0. The van der Waals surface area contributed by atoms with Gasteiger partial charge in [-0.05, 0) is 31.0 Å². The third kappa shape index (κ3) is 3.81. The molecule has 0 atom stereocenters. The van der Waals surface area contributed by atoms with Crippen molar-refractivity contribution in [1.29, 1.82) is 0 Å². The van der Waals surface area contributed by atoms with E-state index < -0.39 is 11.4 Å². The zero-order valence-electron chi connectivity index (χ0n) is 10.4. The summed E-state index contributed by atoms with van der Waals surface area (Å²) in [4.78, 5) is 12.1. The van der Waals surface area contributed by atoms with E-state index in [0.717, 1.165) is 19.3 Å².